The summed E-state index contributed by atoms with van der Waals surface area (Å²) in [4.78, 5) is 0. The molecule has 0 radical (unpaired) electrons. The topological polar surface area (TPSA) is 45.6 Å². The highest BCUT2D eigenvalue weighted by Crippen LogP contribution is 2.15. The fraction of sp³-hybridized carbons (Fsp3) is 0.111. The van der Waals surface area contributed by atoms with Crippen LogP contribution >= 0.6 is 12.2 Å². The summed E-state index contributed by atoms with van der Waals surface area (Å²) in [6.45, 7) is 4.75. The molecule has 0 spiro atoms. The molecule has 2 rings (SSSR count). The highest BCUT2D eigenvalue weighted by molar-refractivity contribution is 7.80. The number of thiocarbonyl (C=S) groups is 1. The maximum absolute atomic E-state index is 5.56. The van der Waals surface area contributed by atoms with E-state index in [-0.39, 0.29) is 0 Å². The summed E-state index contributed by atoms with van der Waals surface area (Å²) >= 11 is 5.19. The number of nitrogens with one attached hydrogen (secondary N) is 2. The minimum absolute atomic E-state index is 0.454. The van der Waals surface area contributed by atoms with E-state index in [1.807, 2.05) is 54.6 Å². The summed E-state index contributed by atoms with van der Waals surface area (Å²) in [5.41, 5.74) is 4.82. The normalized spacial score (nSPS) is 10.3. The number of nitrogens with zero attached hydrogens (tertiary/aromatic N) is 1. The molecule has 5 heteroatoms. The molecule has 0 aliphatic rings. The number of rotatable bonds is 7. The van der Waals surface area contributed by atoms with Crippen LogP contribution in [0.4, 0.5) is 0 Å². The van der Waals surface area contributed by atoms with Gasteiger partial charge in [0.05, 0.1) is 6.21 Å². The van der Waals surface area contributed by atoms with E-state index < -0.39 is 0 Å². The largest absolute Gasteiger partial charge is 0.489 e. The molecule has 0 unspecified atom stereocenters. The molecule has 118 valence electrons. The van der Waals surface area contributed by atoms with Crippen LogP contribution < -0.4 is 15.5 Å². The van der Waals surface area contributed by atoms with Gasteiger partial charge in [0, 0.05) is 12.1 Å². The van der Waals surface area contributed by atoms with Gasteiger partial charge in [-0.25, -0.2) is 0 Å². The van der Waals surface area contributed by atoms with Gasteiger partial charge in [0.25, 0.3) is 0 Å². The second-order valence-corrected chi connectivity index (χ2v) is 5.08. The number of para-hydroxylation sites is 1. The fourth-order valence-electron chi connectivity index (χ4n) is 1.85. The monoisotopic (exact) mass is 325 g/mol. The van der Waals surface area contributed by atoms with Crippen LogP contribution in [0.2, 0.25) is 0 Å². The third-order valence-electron chi connectivity index (χ3n) is 2.94. The Morgan fingerprint density at radius 3 is 2.65 bits per heavy atom. The first kappa shape index (κ1) is 16.7. The molecule has 0 aliphatic heterocycles. The quantitative estimate of drug-likeness (QED) is 0.355. The Morgan fingerprint density at radius 1 is 1.13 bits per heavy atom. The van der Waals surface area contributed by atoms with E-state index in [0.717, 1.165) is 16.9 Å². The van der Waals surface area contributed by atoms with Crippen LogP contribution in [0.1, 0.15) is 11.1 Å². The van der Waals surface area contributed by atoms with Gasteiger partial charge in [0.2, 0.25) is 0 Å². The van der Waals surface area contributed by atoms with E-state index in [4.69, 9.17) is 17.0 Å². The van der Waals surface area contributed by atoms with E-state index in [1.165, 1.54) is 0 Å². The molecular weight excluding hydrogens is 306 g/mol. The summed E-state index contributed by atoms with van der Waals surface area (Å²) in [5, 5.41) is 7.70. The zero-order valence-electron chi connectivity index (χ0n) is 12.7. The van der Waals surface area contributed by atoms with Crippen molar-refractivity contribution in [3.8, 4) is 5.75 Å². The number of ether oxygens (including phenoxy) is 1. The van der Waals surface area contributed by atoms with Crippen LogP contribution in [0, 0.1) is 0 Å². The highest BCUT2D eigenvalue weighted by atomic mass is 32.1. The second kappa shape index (κ2) is 9.38. The molecule has 0 aliphatic carbocycles. The molecule has 0 bridgehead atoms. The standard InChI is InChI=1S/C18H19N3OS/c1-2-12-22-17-11-7-6-10-16(17)14-20-21-18(23)19-13-15-8-4-3-5-9-15/h2-11,14H,1,12-13H2,(H2,19,21,23)/b20-14-. The van der Waals surface area contributed by atoms with Crippen molar-refractivity contribution in [2.45, 2.75) is 6.54 Å². The molecule has 2 aromatic carbocycles. The van der Waals surface area contributed by atoms with Crippen molar-refractivity contribution in [2.24, 2.45) is 5.10 Å². The summed E-state index contributed by atoms with van der Waals surface area (Å²) < 4.78 is 5.56. The Morgan fingerprint density at radius 2 is 1.87 bits per heavy atom. The van der Waals surface area contributed by atoms with Crippen molar-refractivity contribution in [3.05, 3.63) is 78.4 Å². The van der Waals surface area contributed by atoms with Gasteiger partial charge in [-0.3, -0.25) is 5.43 Å². The first-order chi connectivity index (χ1) is 11.3. The number of benzene rings is 2. The summed E-state index contributed by atoms with van der Waals surface area (Å²) in [5.74, 6) is 0.751. The highest BCUT2D eigenvalue weighted by Gasteiger charge is 1.99. The van der Waals surface area contributed by atoms with Crippen molar-refractivity contribution in [1.29, 1.82) is 0 Å². The van der Waals surface area contributed by atoms with Crippen molar-refractivity contribution in [2.75, 3.05) is 6.61 Å². The average Bonchev–Trinajstić information content (AvgIpc) is 2.60. The SMILES string of the molecule is C=CCOc1ccccc1/C=N\NC(=S)NCc1ccccc1. The van der Waals surface area contributed by atoms with E-state index >= 15 is 0 Å². The molecule has 2 aromatic rings. The summed E-state index contributed by atoms with van der Waals surface area (Å²) in [6, 6.07) is 17.7. The average molecular weight is 325 g/mol. The molecule has 0 saturated carbocycles. The van der Waals surface area contributed by atoms with Crippen molar-refractivity contribution >= 4 is 23.5 Å². The van der Waals surface area contributed by atoms with E-state index in [0.29, 0.717) is 18.3 Å². The van der Waals surface area contributed by atoms with Crippen LogP contribution in [-0.2, 0) is 6.54 Å². The molecule has 23 heavy (non-hydrogen) atoms. The third kappa shape index (κ3) is 5.92. The zero-order valence-corrected chi connectivity index (χ0v) is 13.6. The predicted molar refractivity (Wildman–Crippen MR) is 98.7 cm³/mol. The van der Waals surface area contributed by atoms with E-state index in [9.17, 15) is 0 Å². The lowest BCUT2D eigenvalue weighted by molar-refractivity contribution is 0.362. The Balaban J connectivity index is 1.84. The minimum atomic E-state index is 0.454. The lowest BCUT2D eigenvalue weighted by atomic mass is 10.2. The minimum Gasteiger partial charge on any atom is -0.489 e. The van der Waals surface area contributed by atoms with Gasteiger partial charge in [-0.2, -0.15) is 5.10 Å². The number of hydrogen-bond acceptors (Lipinski definition) is 3. The molecule has 0 aromatic heterocycles. The van der Waals surface area contributed by atoms with E-state index in [1.54, 1.807) is 12.3 Å². The van der Waals surface area contributed by atoms with Crippen molar-refractivity contribution < 1.29 is 4.74 Å². The molecule has 2 N–H and O–H groups in total. The van der Waals surface area contributed by atoms with Gasteiger partial charge >= 0.3 is 0 Å². The maximum atomic E-state index is 5.56. The van der Waals surface area contributed by atoms with Gasteiger partial charge in [-0.15, -0.1) is 0 Å². The molecule has 0 saturated heterocycles. The lowest BCUT2D eigenvalue weighted by Gasteiger charge is -2.08. The van der Waals surface area contributed by atoms with Gasteiger partial charge in [-0.1, -0.05) is 55.1 Å². The molecule has 0 heterocycles. The van der Waals surface area contributed by atoms with Gasteiger partial charge < -0.3 is 10.1 Å². The maximum Gasteiger partial charge on any atom is 0.187 e. The smallest absolute Gasteiger partial charge is 0.187 e. The third-order valence-corrected chi connectivity index (χ3v) is 3.18. The summed E-state index contributed by atoms with van der Waals surface area (Å²) in [7, 11) is 0. The molecule has 4 nitrogen and oxygen atoms in total. The number of hydrazone groups is 1. The lowest BCUT2D eigenvalue weighted by Crippen LogP contribution is -2.31. The molecular formula is C18H19N3OS. The Hall–Kier alpha value is -2.66. The second-order valence-electron chi connectivity index (χ2n) is 4.68. The Bertz CT molecular complexity index is 671. The summed E-state index contributed by atoms with van der Waals surface area (Å²) in [6.07, 6.45) is 3.38. The van der Waals surface area contributed by atoms with Crippen LogP contribution in [-0.4, -0.2) is 17.9 Å². The Labute approximate surface area is 141 Å². The van der Waals surface area contributed by atoms with Crippen LogP contribution in [0.3, 0.4) is 0 Å². The first-order valence-corrected chi connectivity index (χ1v) is 7.64. The van der Waals surface area contributed by atoms with E-state index in [2.05, 4.69) is 22.4 Å². The van der Waals surface area contributed by atoms with Crippen molar-refractivity contribution in [1.82, 2.24) is 10.7 Å². The molecule has 0 fully saturated rings. The molecule has 0 atom stereocenters. The van der Waals surface area contributed by atoms with Gasteiger partial charge in [-0.05, 0) is 29.9 Å². The molecule has 0 amide bonds. The van der Waals surface area contributed by atoms with Gasteiger partial charge in [0.15, 0.2) is 5.11 Å². The first-order valence-electron chi connectivity index (χ1n) is 7.23. The fourth-order valence-corrected chi connectivity index (χ4v) is 1.97. The van der Waals surface area contributed by atoms with Crippen LogP contribution in [0.25, 0.3) is 0 Å². The van der Waals surface area contributed by atoms with Crippen LogP contribution in [0.15, 0.2) is 72.4 Å². The Kier molecular flexibility index (Phi) is 6.81. The predicted octanol–water partition coefficient (Wildman–Crippen LogP) is 3.25. The zero-order chi connectivity index (χ0) is 16.3. The van der Waals surface area contributed by atoms with Crippen LogP contribution in [0.5, 0.6) is 5.75 Å². The van der Waals surface area contributed by atoms with Crippen molar-refractivity contribution in [3.63, 3.8) is 0 Å². The van der Waals surface area contributed by atoms with Gasteiger partial charge in [0.1, 0.15) is 12.4 Å². The number of hydrogen-bond donors (Lipinski definition) is 2.